The normalized spacial score (nSPS) is 11.2. The van der Waals surface area contributed by atoms with Crippen molar-refractivity contribution in [3.05, 3.63) is 40.4 Å². The molecular formula is C10H4F2N4O. The first-order chi connectivity index (χ1) is 8.15. The summed E-state index contributed by atoms with van der Waals surface area (Å²) in [5.41, 5.74) is -0.142. The highest BCUT2D eigenvalue weighted by atomic mass is 19.2. The van der Waals surface area contributed by atoms with Gasteiger partial charge >= 0.3 is 0 Å². The minimum atomic E-state index is -1.04. The van der Waals surface area contributed by atoms with E-state index in [1.807, 2.05) is 0 Å². The van der Waals surface area contributed by atoms with E-state index in [4.69, 9.17) is 0 Å². The van der Waals surface area contributed by atoms with Crippen molar-refractivity contribution in [2.45, 2.75) is 0 Å². The van der Waals surface area contributed by atoms with Gasteiger partial charge < -0.3 is 4.98 Å². The Balaban J connectivity index is 2.53. The lowest BCUT2D eigenvalue weighted by Crippen LogP contribution is -2.09. The molecule has 0 radical (unpaired) electrons. The molecule has 17 heavy (non-hydrogen) atoms. The molecule has 0 aliphatic rings. The fourth-order valence-corrected chi connectivity index (χ4v) is 1.51. The number of H-pyrrole nitrogens is 1. The second-order valence-electron chi connectivity index (χ2n) is 3.38. The molecule has 1 N–H and O–H groups in total. The molecule has 0 unspecified atom stereocenters. The van der Waals surface area contributed by atoms with Gasteiger partial charge in [-0.25, -0.2) is 23.7 Å². The topological polar surface area (TPSA) is 71.5 Å². The molecule has 2 aromatic heterocycles. The maximum atomic E-state index is 13.0. The van der Waals surface area contributed by atoms with Gasteiger partial charge in [0.15, 0.2) is 22.8 Å². The number of aromatic amines is 1. The fourth-order valence-electron chi connectivity index (χ4n) is 1.51. The number of nitrogens with zero attached hydrogens (tertiary/aromatic N) is 3. The molecular weight excluding hydrogens is 230 g/mol. The lowest BCUT2D eigenvalue weighted by Gasteiger charge is -2.00. The number of aromatic nitrogens is 4. The van der Waals surface area contributed by atoms with Crippen LogP contribution < -0.4 is 5.56 Å². The van der Waals surface area contributed by atoms with Crippen LogP contribution in [0.2, 0.25) is 0 Å². The summed E-state index contributed by atoms with van der Waals surface area (Å²) in [6.07, 6.45) is 1.17. The van der Waals surface area contributed by atoms with Crippen LogP contribution >= 0.6 is 0 Å². The Morgan fingerprint density at radius 3 is 2.41 bits per heavy atom. The largest absolute Gasteiger partial charge is 0.311 e. The molecule has 0 amide bonds. The first kappa shape index (κ1) is 9.76. The van der Waals surface area contributed by atoms with Crippen molar-refractivity contribution >= 4 is 22.2 Å². The molecule has 2 heterocycles. The smallest absolute Gasteiger partial charge is 0.278 e. The van der Waals surface area contributed by atoms with E-state index in [1.165, 1.54) is 6.33 Å². The Morgan fingerprint density at radius 2 is 1.71 bits per heavy atom. The van der Waals surface area contributed by atoms with Gasteiger partial charge in [-0.2, -0.15) is 0 Å². The zero-order chi connectivity index (χ0) is 12.0. The van der Waals surface area contributed by atoms with Crippen LogP contribution in [0.25, 0.3) is 22.2 Å². The minimum Gasteiger partial charge on any atom is -0.311 e. The summed E-state index contributed by atoms with van der Waals surface area (Å²) in [5.74, 6) is -2.05. The van der Waals surface area contributed by atoms with E-state index < -0.39 is 17.2 Å². The van der Waals surface area contributed by atoms with Gasteiger partial charge in [-0.1, -0.05) is 0 Å². The predicted molar refractivity (Wildman–Crippen MR) is 55.4 cm³/mol. The van der Waals surface area contributed by atoms with Gasteiger partial charge in [-0.05, 0) is 0 Å². The Morgan fingerprint density at radius 1 is 1.06 bits per heavy atom. The Hall–Kier alpha value is -2.44. The summed E-state index contributed by atoms with van der Waals surface area (Å²) in [7, 11) is 0. The van der Waals surface area contributed by atoms with Crippen LogP contribution in [0.1, 0.15) is 0 Å². The van der Waals surface area contributed by atoms with Gasteiger partial charge in [0, 0.05) is 12.1 Å². The SMILES string of the molecule is O=c1[nH]cnc2nc3cc(F)c(F)cc3nc12. The maximum absolute atomic E-state index is 13.0. The average molecular weight is 234 g/mol. The maximum Gasteiger partial charge on any atom is 0.278 e. The highest BCUT2D eigenvalue weighted by Gasteiger charge is 2.09. The van der Waals surface area contributed by atoms with Crippen LogP contribution in [-0.2, 0) is 0 Å². The van der Waals surface area contributed by atoms with Crippen LogP contribution in [0.3, 0.4) is 0 Å². The number of hydrogen-bond donors (Lipinski definition) is 1. The third-order valence-electron chi connectivity index (χ3n) is 2.29. The van der Waals surface area contributed by atoms with E-state index in [0.717, 1.165) is 12.1 Å². The molecule has 0 bridgehead atoms. The quantitative estimate of drug-likeness (QED) is 0.592. The predicted octanol–water partition coefficient (Wildman–Crippen LogP) is 1.14. The van der Waals surface area contributed by atoms with Crippen LogP contribution in [0.5, 0.6) is 0 Å². The van der Waals surface area contributed by atoms with E-state index >= 15 is 0 Å². The molecule has 3 rings (SSSR count). The van der Waals surface area contributed by atoms with Crippen molar-refractivity contribution in [1.29, 1.82) is 0 Å². The van der Waals surface area contributed by atoms with Crippen molar-refractivity contribution in [3.63, 3.8) is 0 Å². The van der Waals surface area contributed by atoms with E-state index in [2.05, 4.69) is 19.9 Å². The first-order valence-electron chi connectivity index (χ1n) is 4.65. The van der Waals surface area contributed by atoms with Crippen molar-refractivity contribution in [1.82, 2.24) is 19.9 Å². The third-order valence-corrected chi connectivity index (χ3v) is 2.29. The summed E-state index contributed by atoms with van der Waals surface area (Å²) in [6.45, 7) is 0. The number of halogens is 2. The van der Waals surface area contributed by atoms with Crippen LogP contribution in [0, 0.1) is 11.6 Å². The summed E-state index contributed by atoms with van der Waals surface area (Å²) < 4.78 is 26.0. The van der Waals surface area contributed by atoms with Gasteiger partial charge in [0.05, 0.1) is 17.4 Å². The number of benzene rings is 1. The van der Waals surface area contributed by atoms with Gasteiger partial charge in [0.25, 0.3) is 5.56 Å². The zero-order valence-corrected chi connectivity index (χ0v) is 8.24. The van der Waals surface area contributed by atoms with Crippen molar-refractivity contribution < 1.29 is 8.78 Å². The molecule has 0 aliphatic carbocycles. The van der Waals surface area contributed by atoms with E-state index in [9.17, 15) is 13.6 Å². The number of hydrogen-bond acceptors (Lipinski definition) is 4. The molecule has 3 aromatic rings. The van der Waals surface area contributed by atoms with Gasteiger partial charge in [0.1, 0.15) is 0 Å². The molecule has 0 aliphatic heterocycles. The standard InChI is InChI=1S/C10H4F2N4O/c11-4-1-6-7(2-5(4)12)16-9-8(15-6)10(17)14-3-13-9/h1-3H,(H,13,14,16,17). The van der Waals surface area contributed by atoms with E-state index in [-0.39, 0.29) is 22.2 Å². The lowest BCUT2D eigenvalue weighted by molar-refractivity contribution is 0.510. The van der Waals surface area contributed by atoms with Crippen molar-refractivity contribution in [3.8, 4) is 0 Å². The highest BCUT2D eigenvalue weighted by Crippen LogP contribution is 2.16. The Labute approximate surface area is 92.2 Å². The molecule has 0 atom stereocenters. The number of nitrogens with one attached hydrogen (secondary N) is 1. The first-order valence-corrected chi connectivity index (χ1v) is 4.65. The van der Waals surface area contributed by atoms with E-state index in [1.54, 1.807) is 0 Å². The molecule has 7 heteroatoms. The summed E-state index contributed by atoms with van der Waals surface area (Å²) >= 11 is 0. The number of fused-ring (bicyclic) bond motifs is 2. The fraction of sp³-hybridized carbons (Fsp3) is 0. The molecule has 0 saturated heterocycles. The summed E-state index contributed by atoms with van der Waals surface area (Å²) in [4.78, 5) is 25.4. The third kappa shape index (κ3) is 1.43. The second kappa shape index (κ2) is 3.27. The molecule has 5 nitrogen and oxygen atoms in total. The summed E-state index contributed by atoms with van der Waals surface area (Å²) in [6, 6.07) is 1.81. The zero-order valence-electron chi connectivity index (χ0n) is 8.24. The van der Waals surface area contributed by atoms with E-state index in [0.29, 0.717) is 0 Å². The molecule has 0 fully saturated rings. The van der Waals surface area contributed by atoms with Crippen molar-refractivity contribution in [2.75, 3.05) is 0 Å². The average Bonchev–Trinajstić information content (AvgIpc) is 2.29. The summed E-state index contributed by atoms with van der Waals surface area (Å²) in [5, 5.41) is 0. The minimum absolute atomic E-state index is 0.00833. The molecule has 1 aromatic carbocycles. The molecule has 0 spiro atoms. The molecule has 84 valence electrons. The van der Waals surface area contributed by atoms with Crippen molar-refractivity contribution in [2.24, 2.45) is 0 Å². The Bertz CT molecular complexity index is 799. The monoisotopic (exact) mass is 234 g/mol. The van der Waals surface area contributed by atoms with Gasteiger partial charge in [0.2, 0.25) is 0 Å². The molecule has 0 saturated carbocycles. The lowest BCUT2D eigenvalue weighted by atomic mass is 10.2. The number of rotatable bonds is 0. The van der Waals surface area contributed by atoms with Gasteiger partial charge in [-0.15, -0.1) is 0 Å². The van der Waals surface area contributed by atoms with Gasteiger partial charge in [-0.3, -0.25) is 4.79 Å². The van der Waals surface area contributed by atoms with Crippen LogP contribution in [-0.4, -0.2) is 19.9 Å². The Kier molecular flexibility index (Phi) is 1.88. The van der Waals surface area contributed by atoms with Crippen LogP contribution in [0.4, 0.5) is 8.78 Å². The van der Waals surface area contributed by atoms with Crippen LogP contribution in [0.15, 0.2) is 23.3 Å². The highest BCUT2D eigenvalue weighted by molar-refractivity contribution is 5.83. The second-order valence-corrected chi connectivity index (χ2v) is 3.38.